The van der Waals surface area contributed by atoms with Gasteiger partial charge in [0.2, 0.25) is 0 Å². The molecule has 0 aliphatic carbocycles. The van der Waals surface area contributed by atoms with E-state index in [4.69, 9.17) is 4.74 Å². The van der Waals surface area contributed by atoms with Gasteiger partial charge >= 0.3 is 0 Å². The molecule has 3 heteroatoms. The summed E-state index contributed by atoms with van der Waals surface area (Å²) in [5.41, 5.74) is 1.73. The minimum Gasteiger partial charge on any atom is -0.512 e. The van der Waals surface area contributed by atoms with Gasteiger partial charge in [-0.3, -0.25) is 4.79 Å². The number of aryl methyl sites for hydroxylation is 1. The molecule has 0 aliphatic rings. The lowest BCUT2D eigenvalue weighted by atomic mass is 10.0. The molecular formula is C16H22O3. The van der Waals surface area contributed by atoms with E-state index in [9.17, 15) is 9.90 Å². The van der Waals surface area contributed by atoms with Gasteiger partial charge in [-0.25, -0.2) is 0 Å². The largest absolute Gasteiger partial charge is 0.512 e. The number of hydrogen-bond acceptors (Lipinski definition) is 3. The van der Waals surface area contributed by atoms with Crippen LogP contribution in [0.1, 0.15) is 38.7 Å². The standard InChI is InChI=1S/C16H22O3/c1-12-7-9-15(10-8-12)19-11-5-4-6-16(13(2)17)14(3)18/h7-10,17H,4-6,11H2,1-3H3/b16-13+. The molecule has 1 aromatic carbocycles. The summed E-state index contributed by atoms with van der Waals surface area (Å²) in [5.74, 6) is 0.942. The number of aliphatic hydroxyl groups is 1. The van der Waals surface area contributed by atoms with E-state index in [2.05, 4.69) is 0 Å². The van der Waals surface area contributed by atoms with Gasteiger partial charge in [-0.15, -0.1) is 0 Å². The van der Waals surface area contributed by atoms with Gasteiger partial charge in [-0.1, -0.05) is 17.7 Å². The average molecular weight is 262 g/mol. The molecule has 0 amide bonds. The summed E-state index contributed by atoms with van der Waals surface area (Å²) < 4.78 is 5.60. The Morgan fingerprint density at radius 1 is 1.16 bits per heavy atom. The van der Waals surface area contributed by atoms with Crippen LogP contribution in [0.4, 0.5) is 0 Å². The fourth-order valence-electron chi connectivity index (χ4n) is 1.84. The Bertz CT molecular complexity index is 440. The smallest absolute Gasteiger partial charge is 0.159 e. The molecule has 0 atom stereocenters. The van der Waals surface area contributed by atoms with Crippen LogP contribution in [0.25, 0.3) is 0 Å². The first-order valence-electron chi connectivity index (χ1n) is 6.60. The second-order valence-corrected chi connectivity index (χ2v) is 4.74. The molecule has 104 valence electrons. The Labute approximate surface area is 114 Å². The Morgan fingerprint density at radius 2 is 1.79 bits per heavy atom. The quantitative estimate of drug-likeness (QED) is 0.459. The van der Waals surface area contributed by atoms with Crippen LogP contribution < -0.4 is 4.74 Å². The number of ketones is 1. The van der Waals surface area contributed by atoms with Gasteiger partial charge in [0.05, 0.1) is 12.4 Å². The lowest BCUT2D eigenvalue weighted by Crippen LogP contribution is -2.02. The summed E-state index contributed by atoms with van der Waals surface area (Å²) in [6.07, 6.45) is 2.30. The van der Waals surface area contributed by atoms with Crippen LogP contribution in [0.2, 0.25) is 0 Å². The fourth-order valence-corrected chi connectivity index (χ4v) is 1.84. The molecule has 1 aromatic rings. The number of carbonyl (C=O) groups excluding carboxylic acids is 1. The summed E-state index contributed by atoms with van der Waals surface area (Å²) in [4.78, 5) is 11.3. The van der Waals surface area contributed by atoms with Gasteiger partial charge in [0, 0.05) is 5.57 Å². The number of rotatable bonds is 7. The van der Waals surface area contributed by atoms with Crippen LogP contribution in [0, 0.1) is 6.92 Å². The molecule has 1 N–H and O–H groups in total. The number of Topliss-reactive ketones (excluding diaryl/α,β-unsaturated/α-hetero) is 1. The second kappa shape index (κ2) is 7.62. The van der Waals surface area contributed by atoms with Gasteiger partial charge < -0.3 is 9.84 Å². The molecule has 0 heterocycles. The Morgan fingerprint density at radius 3 is 2.32 bits per heavy atom. The van der Waals surface area contributed by atoms with Crippen molar-refractivity contribution in [3.05, 3.63) is 41.2 Å². The molecule has 1 rings (SSSR count). The van der Waals surface area contributed by atoms with Crippen molar-refractivity contribution >= 4 is 5.78 Å². The van der Waals surface area contributed by atoms with Crippen molar-refractivity contribution in [3.8, 4) is 5.75 Å². The molecule has 19 heavy (non-hydrogen) atoms. The summed E-state index contributed by atoms with van der Waals surface area (Å²) in [5, 5.41) is 9.37. The summed E-state index contributed by atoms with van der Waals surface area (Å²) in [6.45, 7) is 5.70. The first-order valence-corrected chi connectivity index (χ1v) is 6.60. The van der Waals surface area contributed by atoms with Gasteiger partial charge in [0.1, 0.15) is 5.75 Å². The van der Waals surface area contributed by atoms with Gasteiger partial charge in [0.25, 0.3) is 0 Å². The summed E-state index contributed by atoms with van der Waals surface area (Å²) in [7, 11) is 0. The predicted octanol–water partition coefficient (Wildman–Crippen LogP) is 3.97. The topological polar surface area (TPSA) is 46.5 Å². The maximum Gasteiger partial charge on any atom is 0.159 e. The molecule has 0 saturated heterocycles. The molecule has 0 saturated carbocycles. The molecule has 0 radical (unpaired) electrons. The van der Waals surface area contributed by atoms with Crippen LogP contribution in [-0.4, -0.2) is 17.5 Å². The zero-order chi connectivity index (χ0) is 14.3. The van der Waals surface area contributed by atoms with Crippen molar-refractivity contribution in [1.29, 1.82) is 0 Å². The zero-order valence-corrected chi connectivity index (χ0v) is 11.9. The highest BCUT2D eigenvalue weighted by Crippen LogP contribution is 2.14. The number of ether oxygens (including phenoxy) is 1. The monoisotopic (exact) mass is 262 g/mol. The van der Waals surface area contributed by atoms with Crippen LogP contribution in [0.3, 0.4) is 0 Å². The predicted molar refractivity (Wildman–Crippen MR) is 76.5 cm³/mol. The van der Waals surface area contributed by atoms with Crippen molar-refractivity contribution < 1.29 is 14.6 Å². The van der Waals surface area contributed by atoms with E-state index >= 15 is 0 Å². The zero-order valence-electron chi connectivity index (χ0n) is 11.9. The normalized spacial score (nSPS) is 11.9. The number of unbranched alkanes of at least 4 members (excludes halogenated alkanes) is 1. The van der Waals surface area contributed by atoms with E-state index in [1.54, 1.807) is 6.92 Å². The Balaban J connectivity index is 2.26. The first-order chi connectivity index (χ1) is 9.00. The number of benzene rings is 1. The SMILES string of the molecule is CC(=O)/C(CCCCOc1ccc(C)cc1)=C(\C)O. The third kappa shape index (κ3) is 5.60. The highest BCUT2D eigenvalue weighted by atomic mass is 16.5. The summed E-state index contributed by atoms with van der Waals surface area (Å²) in [6, 6.07) is 7.93. The van der Waals surface area contributed by atoms with E-state index in [0.29, 0.717) is 18.6 Å². The summed E-state index contributed by atoms with van der Waals surface area (Å²) >= 11 is 0. The molecule has 0 bridgehead atoms. The molecule has 0 spiro atoms. The van der Waals surface area contributed by atoms with Gasteiger partial charge in [0.15, 0.2) is 5.78 Å². The van der Waals surface area contributed by atoms with E-state index in [1.165, 1.54) is 12.5 Å². The maximum absolute atomic E-state index is 11.3. The fraction of sp³-hybridized carbons (Fsp3) is 0.438. The lowest BCUT2D eigenvalue weighted by molar-refractivity contribution is -0.113. The Hall–Kier alpha value is -1.77. The maximum atomic E-state index is 11.3. The molecule has 0 fully saturated rings. The molecule has 0 aliphatic heterocycles. The van der Waals surface area contributed by atoms with Crippen LogP contribution in [0.15, 0.2) is 35.6 Å². The molecular weight excluding hydrogens is 240 g/mol. The van der Waals surface area contributed by atoms with E-state index in [0.717, 1.165) is 18.6 Å². The van der Waals surface area contributed by atoms with Crippen molar-refractivity contribution in [2.75, 3.05) is 6.61 Å². The third-order valence-electron chi connectivity index (χ3n) is 2.97. The molecule has 3 nitrogen and oxygen atoms in total. The van der Waals surface area contributed by atoms with Crippen molar-refractivity contribution in [2.45, 2.75) is 40.0 Å². The van der Waals surface area contributed by atoms with Crippen molar-refractivity contribution in [2.24, 2.45) is 0 Å². The first kappa shape index (κ1) is 15.3. The second-order valence-electron chi connectivity index (χ2n) is 4.74. The third-order valence-corrected chi connectivity index (χ3v) is 2.97. The minimum atomic E-state index is -0.0561. The van der Waals surface area contributed by atoms with Crippen LogP contribution in [0.5, 0.6) is 5.75 Å². The van der Waals surface area contributed by atoms with Gasteiger partial charge in [-0.2, -0.15) is 0 Å². The van der Waals surface area contributed by atoms with Crippen molar-refractivity contribution in [1.82, 2.24) is 0 Å². The highest BCUT2D eigenvalue weighted by molar-refractivity contribution is 5.93. The highest BCUT2D eigenvalue weighted by Gasteiger charge is 2.07. The van der Waals surface area contributed by atoms with Crippen molar-refractivity contribution in [3.63, 3.8) is 0 Å². The molecule has 0 aromatic heterocycles. The molecule has 0 unspecified atom stereocenters. The number of hydrogen-bond donors (Lipinski definition) is 1. The van der Waals surface area contributed by atoms with E-state index in [-0.39, 0.29) is 11.5 Å². The number of aliphatic hydroxyl groups excluding tert-OH is 1. The number of carbonyl (C=O) groups is 1. The average Bonchev–Trinajstić information content (AvgIpc) is 2.34. The number of allylic oxidation sites excluding steroid dienone is 2. The Kier molecular flexibility index (Phi) is 6.13. The lowest BCUT2D eigenvalue weighted by Gasteiger charge is -2.07. The van der Waals surface area contributed by atoms with Gasteiger partial charge in [-0.05, 0) is 52.2 Å². The van der Waals surface area contributed by atoms with E-state index < -0.39 is 0 Å². The van der Waals surface area contributed by atoms with E-state index in [1.807, 2.05) is 31.2 Å². The van der Waals surface area contributed by atoms with Crippen LogP contribution in [-0.2, 0) is 4.79 Å². The minimum absolute atomic E-state index is 0.0561. The van der Waals surface area contributed by atoms with Crippen LogP contribution >= 0.6 is 0 Å².